The lowest BCUT2D eigenvalue weighted by Gasteiger charge is -2.02. The molecule has 1 aromatic rings. The molecule has 1 rings (SSSR count). The number of aryl methyl sites for hydroxylation is 2. The largest absolute Gasteiger partial charge is 0.271 e. The third kappa shape index (κ3) is 4.76. The van der Waals surface area contributed by atoms with Gasteiger partial charge in [0.2, 0.25) is 10.0 Å². The molecule has 5 nitrogen and oxygen atoms in total. The van der Waals surface area contributed by atoms with E-state index in [-0.39, 0.29) is 0 Å². The zero-order chi connectivity index (χ0) is 11.5. The van der Waals surface area contributed by atoms with Crippen LogP contribution in [0, 0.1) is 6.92 Å². The predicted octanol–water partition coefficient (Wildman–Crippen LogP) is 0.893. The van der Waals surface area contributed by atoms with Crippen LogP contribution >= 0.6 is 15.9 Å². The molecule has 0 radical (unpaired) electrons. The van der Waals surface area contributed by atoms with Crippen LogP contribution < -0.4 is 4.72 Å². The zero-order valence-electron chi connectivity index (χ0n) is 8.70. The van der Waals surface area contributed by atoms with E-state index in [1.54, 1.807) is 4.68 Å². The predicted molar refractivity (Wildman–Crippen MR) is 62.1 cm³/mol. The summed E-state index contributed by atoms with van der Waals surface area (Å²) in [5, 5.41) is 4.24. The van der Waals surface area contributed by atoms with Gasteiger partial charge in [-0.3, -0.25) is 4.68 Å². The Balaban J connectivity index is 2.32. The van der Waals surface area contributed by atoms with Crippen molar-refractivity contribution in [3.8, 4) is 0 Å². The maximum absolute atomic E-state index is 10.8. The molecular weight excluding hydrogens is 282 g/mol. The fourth-order valence-electron chi connectivity index (χ4n) is 1.11. The fourth-order valence-corrected chi connectivity index (χ4v) is 1.94. The van der Waals surface area contributed by atoms with Crippen molar-refractivity contribution in [2.24, 2.45) is 0 Å². The maximum atomic E-state index is 10.8. The van der Waals surface area contributed by atoms with Crippen molar-refractivity contribution >= 4 is 26.0 Å². The minimum absolute atomic E-state index is 0.440. The van der Waals surface area contributed by atoms with Crippen molar-refractivity contribution in [1.29, 1.82) is 0 Å². The highest BCUT2D eigenvalue weighted by Crippen LogP contribution is 2.13. The molecule has 0 spiro atoms. The minimum Gasteiger partial charge on any atom is -0.271 e. The molecule has 15 heavy (non-hydrogen) atoms. The second-order valence-electron chi connectivity index (χ2n) is 3.35. The Hall–Kier alpha value is -0.400. The lowest BCUT2D eigenvalue weighted by atomic mass is 10.4. The van der Waals surface area contributed by atoms with E-state index in [0.717, 1.165) is 22.8 Å². The van der Waals surface area contributed by atoms with Gasteiger partial charge in [0.1, 0.15) is 0 Å². The van der Waals surface area contributed by atoms with Gasteiger partial charge >= 0.3 is 0 Å². The van der Waals surface area contributed by atoms with Crippen molar-refractivity contribution in [2.75, 3.05) is 12.8 Å². The molecule has 1 N–H and O–H groups in total. The molecule has 0 aliphatic carbocycles. The molecule has 0 unspecified atom stereocenters. The molecule has 1 heterocycles. The first kappa shape index (κ1) is 12.7. The van der Waals surface area contributed by atoms with Gasteiger partial charge in [0.05, 0.1) is 16.4 Å². The summed E-state index contributed by atoms with van der Waals surface area (Å²) in [5.74, 6) is 0. The number of nitrogens with zero attached hydrogens (tertiary/aromatic N) is 2. The summed E-state index contributed by atoms with van der Waals surface area (Å²) in [6.07, 6.45) is 3.76. The first-order chi connectivity index (χ1) is 6.88. The Kier molecular flexibility index (Phi) is 4.30. The Morgan fingerprint density at radius 3 is 2.73 bits per heavy atom. The summed E-state index contributed by atoms with van der Waals surface area (Å²) in [4.78, 5) is 0. The standard InChI is InChI=1S/C8H14BrN3O2S/c1-7-8(9)6-12(11-7)5-3-4-10-15(2,13)14/h6,10H,3-5H2,1-2H3. The van der Waals surface area contributed by atoms with Crippen LogP contribution in [-0.4, -0.2) is 31.0 Å². The second-order valence-corrected chi connectivity index (χ2v) is 6.03. The van der Waals surface area contributed by atoms with Gasteiger partial charge in [-0.15, -0.1) is 0 Å². The van der Waals surface area contributed by atoms with E-state index in [4.69, 9.17) is 0 Å². The lowest BCUT2D eigenvalue weighted by molar-refractivity contribution is 0.554. The summed E-state index contributed by atoms with van der Waals surface area (Å²) < 4.78 is 26.7. The van der Waals surface area contributed by atoms with Crippen LogP contribution in [0.15, 0.2) is 10.7 Å². The van der Waals surface area contributed by atoms with Crippen molar-refractivity contribution in [1.82, 2.24) is 14.5 Å². The second kappa shape index (κ2) is 5.09. The van der Waals surface area contributed by atoms with Gasteiger partial charge in [-0.05, 0) is 29.3 Å². The van der Waals surface area contributed by atoms with E-state index < -0.39 is 10.0 Å². The normalized spacial score (nSPS) is 11.9. The summed E-state index contributed by atoms with van der Waals surface area (Å²) in [6.45, 7) is 3.06. The highest BCUT2D eigenvalue weighted by atomic mass is 79.9. The van der Waals surface area contributed by atoms with Crippen molar-refractivity contribution < 1.29 is 8.42 Å². The molecule has 86 valence electrons. The van der Waals surface area contributed by atoms with Gasteiger partial charge in [0, 0.05) is 19.3 Å². The summed E-state index contributed by atoms with van der Waals surface area (Å²) in [5.41, 5.74) is 0.936. The molecule has 7 heteroatoms. The summed E-state index contributed by atoms with van der Waals surface area (Å²) in [6, 6.07) is 0. The highest BCUT2D eigenvalue weighted by Gasteiger charge is 2.02. The van der Waals surface area contributed by atoms with Gasteiger partial charge in [-0.25, -0.2) is 13.1 Å². The van der Waals surface area contributed by atoms with E-state index in [9.17, 15) is 8.42 Å². The number of aromatic nitrogens is 2. The molecule has 0 aromatic carbocycles. The Bertz CT molecular complexity index is 408. The molecule has 0 atom stereocenters. The first-order valence-electron chi connectivity index (χ1n) is 4.52. The van der Waals surface area contributed by atoms with Gasteiger partial charge < -0.3 is 0 Å². The van der Waals surface area contributed by atoms with E-state index in [2.05, 4.69) is 25.8 Å². The van der Waals surface area contributed by atoms with E-state index >= 15 is 0 Å². The smallest absolute Gasteiger partial charge is 0.208 e. The Labute approximate surface area is 98.0 Å². The third-order valence-electron chi connectivity index (χ3n) is 1.81. The quantitative estimate of drug-likeness (QED) is 0.821. The van der Waals surface area contributed by atoms with Crippen LogP contribution in [0.2, 0.25) is 0 Å². The van der Waals surface area contributed by atoms with Crippen molar-refractivity contribution in [2.45, 2.75) is 19.9 Å². The van der Waals surface area contributed by atoms with Crippen molar-refractivity contribution in [3.05, 3.63) is 16.4 Å². The number of hydrogen-bond acceptors (Lipinski definition) is 3. The van der Waals surface area contributed by atoms with Gasteiger partial charge in [-0.1, -0.05) is 0 Å². The van der Waals surface area contributed by atoms with Crippen LogP contribution in [0.5, 0.6) is 0 Å². The fraction of sp³-hybridized carbons (Fsp3) is 0.625. The number of nitrogens with one attached hydrogen (secondary N) is 1. The minimum atomic E-state index is -3.07. The van der Waals surface area contributed by atoms with Gasteiger partial charge in [0.25, 0.3) is 0 Å². The molecule has 0 saturated carbocycles. The average Bonchev–Trinajstić information content (AvgIpc) is 2.39. The lowest BCUT2D eigenvalue weighted by Crippen LogP contribution is -2.23. The number of sulfonamides is 1. The van der Waals surface area contributed by atoms with Crippen LogP contribution in [-0.2, 0) is 16.6 Å². The van der Waals surface area contributed by atoms with Crippen molar-refractivity contribution in [3.63, 3.8) is 0 Å². The topological polar surface area (TPSA) is 64.0 Å². The summed E-state index contributed by atoms with van der Waals surface area (Å²) >= 11 is 3.36. The van der Waals surface area contributed by atoms with Crippen LogP contribution in [0.4, 0.5) is 0 Å². The van der Waals surface area contributed by atoms with Gasteiger partial charge in [0.15, 0.2) is 0 Å². The first-order valence-corrected chi connectivity index (χ1v) is 7.21. The molecule has 1 aromatic heterocycles. The molecule has 0 saturated heterocycles. The molecule has 0 fully saturated rings. The van der Waals surface area contributed by atoms with Crippen LogP contribution in [0.1, 0.15) is 12.1 Å². The Morgan fingerprint density at radius 1 is 1.60 bits per heavy atom. The molecule has 0 amide bonds. The molecule has 0 aliphatic heterocycles. The molecular formula is C8H14BrN3O2S. The monoisotopic (exact) mass is 295 g/mol. The van der Waals surface area contributed by atoms with Gasteiger partial charge in [-0.2, -0.15) is 5.10 Å². The number of halogens is 1. The van der Waals surface area contributed by atoms with Crippen LogP contribution in [0.25, 0.3) is 0 Å². The van der Waals surface area contributed by atoms with E-state index in [0.29, 0.717) is 13.1 Å². The number of rotatable bonds is 5. The van der Waals surface area contributed by atoms with Crippen LogP contribution in [0.3, 0.4) is 0 Å². The molecule has 0 aliphatic rings. The third-order valence-corrected chi connectivity index (χ3v) is 3.32. The SMILES string of the molecule is Cc1nn(CCCNS(C)(=O)=O)cc1Br. The van der Waals surface area contributed by atoms with E-state index in [1.165, 1.54) is 0 Å². The number of hydrogen-bond donors (Lipinski definition) is 1. The maximum Gasteiger partial charge on any atom is 0.208 e. The molecule has 0 bridgehead atoms. The highest BCUT2D eigenvalue weighted by molar-refractivity contribution is 9.10. The van der Waals surface area contributed by atoms with E-state index in [1.807, 2.05) is 13.1 Å². The zero-order valence-corrected chi connectivity index (χ0v) is 11.1. The summed E-state index contributed by atoms with van der Waals surface area (Å²) in [7, 11) is -3.07. The average molecular weight is 296 g/mol. The Morgan fingerprint density at radius 2 is 2.27 bits per heavy atom.